The highest BCUT2D eigenvalue weighted by Gasteiger charge is 2.34. The molecule has 0 radical (unpaired) electrons. The van der Waals surface area contributed by atoms with Crippen molar-refractivity contribution in [2.45, 2.75) is 45.4 Å². The van der Waals surface area contributed by atoms with Crippen molar-refractivity contribution in [1.82, 2.24) is 0 Å². The van der Waals surface area contributed by atoms with E-state index in [-0.39, 0.29) is 17.1 Å². The Balaban J connectivity index is 2.48. The van der Waals surface area contributed by atoms with Gasteiger partial charge in [0, 0.05) is 18.8 Å². The summed E-state index contributed by atoms with van der Waals surface area (Å²) < 4.78 is 0. The summed E-state index contributed by atoms with van der Waals surface area (Å²) in [5, 5.41) is -0.300. The fraction of sp³-hybridized carbons (Fsp3) is 0.818. The van der Waals surface area contributed by atoms with Crippen molar-refractivity contribution in [2.75, 3.05) is 0 Å². The van der Waals surface area contributed by atoms with Gasteiger partial charge in [-0.25, -0.2) is 0 Å². The molecule has 0 aromatic rings. The van der Waals surface area contributed by atoms with Crippen LogP contribution >= 0.6 is 11.6 Å². The predicted molar refractivity (Wildman–Crippen MR) is 56.2 cm³/mol. The molecule has 1 fully saturated rings. The van der Waals surface area contributed by atoms with E-state index in [1.807, 2.05) is 0 Å². The van der Waals surface area contributed by atoms with E-state index in [0.29, 0.717) is 18.6 Å². The van der Waals surface area contributed by atoms with Crippen molar-refractivity contribution in [3.05, 3.63) is 0 Å². The molecule has 2 nitrogen and oxygen atoms in total. The van der Waals surface area contributed by atoms with Gasteiger partial charge in [0.15, 0.2) is 0 Å². The molecule has 1 rings (SSSR count). The quantitative estimate of drug-likeness (QED) is 0.663. The van der Waals surface area contributed by atoms with E-state index in [9.17, 15) is 9.59 Å². The largest absolute Gasteiger partial charge is 0.299 e. The Morgan fingerprint density at radius 2 is 2.29 bits per heavy atom. The molecule has 0 spiro atoms. The highest BCUT2D eigenvalue weighted by molar-refractivity contribution is 6.63. The molecule has 0 amide bonds. The van der Waals surface area contributed by atoms with Crippen LogP contribution in [-0.4, -0.2) is 11.0 Å². The van der Waals surface area contributed by atoms with E-state index >= 15 is 0 Å². The fourth-order valence-electron chi connectivity index (χ4n) is 2.25. The molecule has 0 aliphatic heterocycles. The minimum Gasteiger partial charge on any atom is -0.299 e. The number of ketones is 1. The summed E-state index contributed by atoms with van der Waals surface area (Å²) in [7, 11) is 0. The van der Waals surface area contributed by atoms with Gasteiger partial charge in [-0.2, -0.15) is 0 Å². The Morgan fingerprint density at radius 1 is 1.57 bits per heavy atom. The van der Waals surface area contributed by atoms with Crippen LogP contribution in [0.25, 0.3) is 0 Å². The minimum atomic E-state index is -0.300. The van der Waals surface area contributed by atoms with Crippen LogP contribution in [0.4, 0.5) is 0 Å². The molecule has 3 heteroatoms. The summed E-state index contributed by atoms with van der Waals surface area (Å²) in [6, 6.07) is 0. The van der Waals surface area contributed by atoms with Gasteiger partial charge in [-0.1, -0.05) is 19.8 Å². The Kier molecular flexibility index (Phi) is 4.59. The molecule has 1 aliphatic rings. The van der Waals surface area contributed by atoms with Crippen molar-refractivity contribution in [3.63, 3.8) is 0 Å². The zero-order chi connectivity index (χ0) is 10.6. The van der Waals surface area contributed by atoms with Crippen LogP contribution in [0, 0.1) is 11.8 Å². The average molecular weight is 217 g/mol. The number of carbonyl (C=O) groups excluding carboxylic acids is 2. The van der Waals surface area contributed by atoms with Crippen LogP contribution in [0.1, 0.15) is 45.4 Å². The van der Waals surface area contributed by atoms with E-state index in [4.69, 9.17) is 11.6 Å². The standard InChI is InChI=1S/C11H17ClO2/c1-2-3-4-9-8(7-11(12)14)5-6-10(9)13/h8-9H,2-7H2,1H3. The van der Waals surface area contributed by atoms with Gasteiger partial charge in [-0.15, -0.1) is 0 Å². The molecule has 2 unspecified atom stereocenters. The number of carbonyl (C=O) groups is 2. The first kappa shape index (κ1) is 11.7. The number of rotatable bonds is 5. The summed E-state index contributed by atoms with van der Waals surface area (Å²) >= 11 is 5.35. The first-order chi connectivity index (χ1) is 6.65. The maximum absolute atomic E-state index is 11.5. The maximum atomic E-state index is 11.5. The van der Waals surface area contributed by atoms with Crippen LogP contribution in [0.5, 0.6) is 0 Å². The van der Waals surface area contributed by atoms with Gasteiger partial charge < -0.3 is 0 Å². The number of hydrogen-bond donors (Lipinski definition) is 0. The van der Waals surface area contributed by atoms with Crippen molar-refractivity contribution in [1.29, 1.82) is 0 Å². The molecule has 1 saturated carbocycles. The van der Waals surface area contributed by atoms with Gasteiger partial charge in [0.1, 0.15) is 5.78 Å². The Hall–Kier alpha value is -0.370. The molecule has 2 atom stereocenters. The van der Waals surface area contributed by atoms with Gasteiger partial charge in [-0.05, 0) is 30.4 Å². The summed E-state index contributed by atoms with van der Waals surface area (Å²) in [6.45, 7) is 2.11. The van der Waals surface area contributed by atoms with Gasteiger partial charge in [0.05, 0.1) is 0 Å². The third-order valence-corrected chi connectivity index (χ3v) is 3.19. The summed E-state index contributed by atoms with van der Waals surface area (Å²) in [5.41, 5.74) is 0. The smallest absolute Gasteiger partial charge is 0.221 e. The molecular formula is C11H17ClO2. The van der Waals surface area contributed by atoms with E-state index < -0.39 is 0 Å². The van der Waals surface area contributed by atoms with E-state index in [0.717, 1.165) is 25.7 Å². The van der Waals surface area contributed by atoms with Crippen LogP contribution in [0.2, 0.25) is 0 Å². The second kappa shape index (κ2) is 5.50. The van der Waals surface area contributed by atoms with E-state index in [2.05, 4.69) is 6.92 Å². The SMILES string of the molecule is CCCCC1C(=O)CCC1CC(=O)Cl. The first-order valence-electron chi connectivity index (χ1n) is 5.36. The number of unbranched alkanes of at least 4 members (excludes halogenated alkanes) is 1. The summed E-state index contributed by atoms with van der Waals surface area (Å²) in [6.07, 6.45) is 4.98. The molecule has 0 aromatic carbocycles. The topological polar surface area (TPSA) is 34.1 Å². The lowest BCUT2D eigenvalue weighted by atomic mass is 9.88. The lowest BCUT2D eigenvalue weighted by molar-refractivity contribution is -0.121. The molecule has 0 N–H and O–H groups in total. The van der Waals surface area contributed by atoms with Crippen molar-refractivity contribution in [2.24, 2.45) is 11.8 Å². The normalized spacial score (nSPS) is 26.9. The predicted octanol–water partition coefficient (Wildman–Crippen LogP) is 2.93. The fourth-order valence-corrected chi connectivity index (χ4v) is 2.45. The Labute approximate surface area is 90.0 Å². The van der Waals surface area contributed by atoms with Gasteiger partial charge in [0.2, 0.25) is 5.24 Å². The minimum absolute atomic E-state index is 0.109. The second-order valence-corrected chi connectivity index (χ2v) is 4.49. The molecular weight excluding hydrogens is 200 g/mol. The lowest BCUT2D eigenvalue weighted by Crippen LogP contribution is -2.16. The molecule has 0 aromatic heterocycles. The van der Waals surface area contributed by atoms with Crippen LogP contribution in [0.3, 0.4) is 0 Å². The summed E-state index contributed by atoms with van der Waals surface area (Å²) in [4.78, 5) is 22.3. The van der Waals surface area contributed by atoms with Crippen molar-refractivity contribution < 1.29 is 9.59 Å². The molecule has 0 saturated heterocycles. The monoisotopic (exact) mass is 216 g/mol. The molecule has 1 aliphatic carbocycles. The Morgan fingerprint density at radius 3 is 2.86 bits per heavy atom. The third-order valence-electron chi connectivity index (χ3n) is 3.04. The number of halogens is 1. The maximum Gasteiger partial charge on any atom is 0.221 e. The second-order valence-electron chi connectivity index (χ2n) is 4.07. The van der Waals surface area contributed by atoms with Crippen molar-refractivity contribution >= 4 is 22.6 Å². The zero-order valence-corrected chi connectivity index (χ0v) is 9.35. The van der Waals surface area contributed by atoms with Gasteiger partial charge in [0.25, 0.3) is 0 Å². The zero-order valence-electron chi connectivity index (χ0n) is 8.59. The molecule has 80 valence electrons. The van der Waals surface area contributed by atoms with E-state index in [1.165, 1.54) is 0 Å². The van der Waals surface area contributed by atoms with Crippen LogP contribution in [-0.2, 0) is 9.59 Å². The average Bonchev–Trinajstić information content (AvgIpc) is 2.44. The molecule has 14 heavy (non-hydrogen) atoms. The Bertz CT molecular complexity index is 225. The van der Waals surface area contributed by atoms with Crippen molar-refractivity contribution in [3.8, 4) is 0 Å². The van der Waals surface area contributed by atoms with E-state index in [1.54, 1.807) is 0 Å². The third kappa shape index (κ3) is 3.09. The highest BCUT2D eigenvalue weighted by atomic mass is 35.5. The highest BCUT2D eigenvalue weighted by Crippen LogP contribution is 2.35. The summed E-state index contributed by atoms with van der Waals surface area (Å²) in [5.74, 6) is 0.665. The lowest BCUT2D eigenvalue weighted by Gasteiger charge is -2.15. The first-order valence-corrected chi connectivity index (χ1v) is 5.74. The molecule has 0 bridgehead atoms. The molecule has 0 heterocycles. The number of hydrogen-bond acceptors (Lipinski definition) is 2. The van der Waals surface area contributed by atoms with Crippen LogP contribution in [0.15, 0.2) is 0 Å². The number of Topliss-reactive ketones (excluding diaryl/α,β-unsaturated/α-hetero) is 1. The van der Waals surface area contributed by atoms with Gasteiger partial charge >= 0.3 is 0 Å². The van der Waals surface area contributed by atoms with Gasteiger partial charge in [-0.3, -0.25) is 9.59 Å². The van der Waals surface area contributed by atoms with Crippen LogP contribution < -0.4 is 0 Å².